The number of nitro benzene ring substituents is 1. The van der Waals surface area contributed by atoms with Crippen molar-refractivity contribution in [2.45, 2.75) is 64.1 Å². The predicted octanol–water partition coefficient (Wildman–Crippen LogP) is 3.95. The van der Waals surface area contributed by atoms with Crippen LogP contribution in [0.25, 0.3) is 10.9 Å². The van der Waals surface area contributed by atoms with E-state index in [4.69, 9.17) is 4.74 Å². The van der Waals surface area contributed by atoms with Gasteiger partial charge in [-0.2, -0.15) is 5.10 Å². The lowest BCUT2D eigenvalue weighted by molar-refractivity contribution is -0.383. The van der Waals surface area contributed by atoms with Crippen molar-refractivity contribution in [1.29, 1.82) is 0 Å². The highest BCUT2D eigenvalue weighted by Gasteiger charge is 2.28. The summed E-state index contributed by atoms with van der Waals surface area (Å²) in [5.41, 5.74) is 0.282. The highest BCUT2D eigenvalue weighted by atomic mass is 16.6. The molecule has 1 saturated carbocycles. The van der Waals surface area contributed by atoms with E-state index >= 15 is 0 Å². The van der Waals surface area contributed by atoms with Gasteiger partial charge in [-0.3, -0.25) is 14.8 Å². The Morgan fingerprint density at radius 2 is 2.15 bits per heavy atom. The maximum Gasteiger partial charge on any atom is 0.407 e. The van der Waals surface area contributed by atoms with Crippen LogP contribution in [0.3, 0.4) is 0 Å². The van der Waals surface area contributed by atoms with Crippen LogP contribution in [0.1, 0.15) is 52.5 Å². The topological polar surface area (TPSA) is 99.3 Å². The van der Waals surface area contributed by atoms with Crippen molar-refractivity contribution in [2.75, 3.05) is 0 Å². The van der Waals surface area contributed by atoms with Crippen molar-refractivity contribution in [3.63, 3.8) is 0 Å². The van der Waals surface area contributed by atoms with Gasteiger partial charge in [0.15, 0.2) is 0 Å². The summed E-state index contributed by atoms with van der Waals surface area (Å²) in [6.07, 6.45) is 4.61. The lowest BCUT2D eigenvalue weighted by Gasteiger charge is -2.31. The fourth-order valence-electron chi connectivity index (χ4n) is 3.50. The molecule has 1 aliphatic rings. The minimum Gasteiger partial charge on any atom is -0.444 e. The smallest absolute Gasteiger partial charge is 0.407 e. The normalized spacial score (nSPS) is 20.7. The molecule has 2 atom stereocenters. The van der Waals surface area contributed by atoms with Gasteiger partial charge in [0.25, 0.3) is 5.69 Å². The second-order valence-corrected chi connectivity index (χ2v) is 7.72. The molecule has 0 radical (unpaired) electrons. The van der Waals surface area contributed by atoms with E-state index in [0.717, 1.165) is 31.2 Å². The van der Waals surface area contributed by atoms with Gasteiger partial charge in [-0.05, 0) is 52.5 Å². The highest BCUT2D eigenvalue weighted by Crippen LogP contribution is 2.33. The van der Waals surface area contributed by atoms with Gasteiger partial charge >= 0.3 is 6.09 Å². The van der Waals surface area contributed by atoms with Gasteiger partial charge in [0, 0.05) is 12.1 Å². The van der Waals surface area contributed by atoms with E-state index in [0.29, 0.717) is 5.39 Å². The largest absolute Gasteiger partial charge is 0.444 e. The number of alkyl carbamates (subject to hydrolysis) is 1. The Morgan fingerprint density at radius 3 is 2.85 bits per heavy atom. The van der Waals surface area contributed by atoms with Gasteiger partial charge in [-0.25, -0.2) is 4.79 Å². The zero-order chi connectivity index (χ0) is 18.9. The summed E-state index contributed by atoms with van der Waals surface area (Å²) in [6.45, 7) is 5.50. The monoisotopic (exact) mass is 360 g/mol. The van der Waals surface area contributed by atoms with Crippen LogP contribution in [0, 0.1) is 10.1 Å². The number of carbonyl (C=O) groups is 1. The van der Waals surface area contributed by atoms with E-state index in [1.54, 1.807) is 12.3 Å². The van der Waals surface area contributed by atoms with Crippen LogP contribution >= 0.6 is 0 Å². The molecule has 1 aromatic heterocycles. The summed E-state index contributed by atoms with van der Waals surface area (Å²) < 4.78 is 7.18. The van der Waals surface area contributed by atoms with Crippen molar-refractivity contribution in [2.24, 2.45) is 0 Å². The fraction of sp³-hybridized carbons (Fsp3) is 0.556. The number of hydrogen-bond donors (Lipinski definition) is 1. The first-order chi connectivity index (χ1) is 12.2. The van der Waals surface area contributed by atoms with E-state index in [1.807, 2.05) is 31.5 Å². The van der Waals surface area contributed by atoms with Crippen LogP contribution in [0.2, 0.25) is 0 Å². The molecule has 0 spiro atoms. The Kier molecular flexibility index (Phi) is 4.84. The molecule has 0 unspecified atom stereocenters. The Hall–Kier alpha value is -2.64. The molecule has 8 nitrogen and oxygen atoms in total. The molecular formula is C18H24N4O4. The summed E-state index contributed by atoms with van der Waals surface area (Å²) in [5.74, 6) is 0. The van der Waals surface area contributed by atoms with E-state index in [-0.39, 0.29) is 22.7 Å². The third-order valence-corrected chi connectivity index (χ3v) is 4.53. The molecule has 0 saturated heterocycles. The number of carbonyl (C=O) groups excluding carboxylic acids is 1. The molecule has 1 heterocycles. The van der Waals surface area contributed by atoms with Crippen LogP contribution in [-0.2, 0) is 4.74 Å². The number of fused-ring (bicyclic) bond motifs is 1. The SMILES string of the molecule is CC(C)(C)OC(=O)N[C@@H]1CCC[C@H](n2ncc3c([N+](=O)[O-])cccc32)C1. The molecule has 1 fully saturated rings. The minimum atomic E-state index is -0.532. The van der Waals surface area contributed by atoms with Gasteiger partial charge in [0.2, 0.25) is 0 Å². The van der Waals surface area contributed by atoms with Gasteiger partial charge in [0.05, 0.1) is 28.1 Å². The number of nitrogens with zero attached hydrogens (tertiary/aromatic N) is 3. The maximum absolute atomic E-state index is 12.0. The van der Waals surface area contributed by atoms with Gasteiger partial charge in [-0.1, -0.05) is 6.07 Å². The summed E-state index contributed by atoms with van der Waals surface area (Å²) in [4.78, 5) is 22.8. The summed E-state index contributed by atoms with van der Waals surface area (Å²) >= 11 is 0. The number of hydrogen-bond acceptors (Lipinski definition) is 5. The maximum atomic E-state index is 12.0. The predicted molar refractivity (Wildman–Crippen MR) is 97.1 cm³/mol. The average Bonchev–Trinajstić information content (AvgIpc) is 2.96. The molecule has 0 bridgehead atoms. The van der Waals surface area contributed by atoms with Crippen molar-refractivity contribution >= 4 is 22.7 Å². The second kappa shape index (κ2) is 6.93. The minimum absolute atomic E-state index is 0.00143. The number of nitro groups is 1. The van der Waals surface area contributed by atoms with Gasteiger partial charge in [0.1, 0.15) is 5.60 Å². The number of nitrogens with one attached hydrogen (secondary N) is 1. The molecule has 2 aromatic rings. The molecule has 1 aromatic carbocycles. The number of aromatic nitrogens is 2. The van der Waals surface area contributed by atoms with Crippen molar-refractivity contribution in [3.05, 3.63) is 34.5 Å². The molecule has 1 amide bonds. The van der Waals surface area contributed by atoms with Crippen LogP contribution in [0.15, 0.2) is 24.4 Å². The quantitative estimate of drug-likeness (QED) is 0.660. The number of ether oxygens (including phenoxy) is 1. The van der Waals surface area contributed by atoms with E-state index in [2.05, 4.69) is 10.4 Å². The van der Waals surface area contributed by atoms with Crippen molar-refractivity contribution in [1.82, 2.24) is 15.1 Å². The van der Waals surface area contributed by atoms with E-state index in [1.165, 1.54) is 6.07 Å². The van der Waals surface area contributed by atoms with Gasteiger partial charge < -0.3 is 10.1 Å². The molecule has 140 valence electrons. The van der Waals surface area contributed by atoms with Crippen LogP contribution in [-0.4, -0.2) is 32.4 Å². The second-order valence-electron chi connectivity index (χ2n) is 7.72. The highest BCUT2D eigenvalue weighted by molar-refractivity contribution is 5.87. The lowest BCUT2D eigenvalue weighted by atomic mass is 9.91. The Bertz CT molecular complexity index is 824. The van der Waals surface area contributed by atoms with Crippen LogP contribution in [0.5, 0.6) is 0 Å². The molecule has 26 heavy (non-hydrogen) atoms. The summed E-state index contributed by atoms with van der Waals surface area (Å²) in [7, 11) is 0. The molecule has 0 aliphatic heterocycles. The molecule has 1 N–H and O–H groups in total. The summed E-state index contributed by atoms with van der Waals surface area (Å²) in [6, 6.07) is 5.10. The molecule has 3 rings (SSSR count). The number of rotatable bonds is 3. The zero-order valence-electron chi connectivity index (χ0n) is 15.3. The third kappa shape index (κ3) is 3.95. The van der Waals surface area contributed by atoms with E-state index < -0.39 is 11.7 Å². The number of amides is 1. The number of non-ortho nitro benzene ring substituents is 1. The molecule has 1 aliphatic carbocycles. The molecular weight excluding hydrogens is 336 g/mol. The van der Waals surface area contributed by atoms with Crippen LogP contribution < -0.4 is 5.32 Å². The van der Waals surface area contributed by atoms with E-state index in [9.17, 15) is 14.9 Å². The Morgan fingerprint density at radius 1 is 1.38 bits per heavy atom. The van der Waals surface area contributed by atoms with Crippen molar-refractivity contribution in [3.8, 4) is 0 Å². The molecule has 8 heteroatoms. The Balaban J connectivity index is 1.76. The van der Waals surface area contributed by atoms with Crippen molar-refractivity contribution < 1.29 is 14.5 Å². The first-order valence-corrected chi connectivity index (χ1v) is 8.85. The zero-order valence-corrected chi connectivity index (χ0v) is 15.3. The first-order valence-electron chi connectivity index (χ1n) is 8.85. The standard InChI is InChI=1S/C18H24N4O4/c1-18(2,3)26-17(23)20-12-6-4-7-13(10-12)21-15-8-5-9-16(22(24)25)14(15)11-19-21/h5,8-9,11-13H,4,6-7,10H2,1-3H3,(H,20,23)/t12-,13+/m1/s1. The Labute approximate surface area is 151 Å². The van der Waals surface area contributed by atoms with Crippen LogP contribution in [0.4, 0.5) is 10.5 Å². The lowest BCUT2D eigenvalue weighted by Crippen LogP contribution is -2.41. The fourth-order valence-corrected chi connectivity index (χ4v) is 3.50. The average molecular weight is 360 g/mol. The van der Waals surface area contributed by atoms with Gasteiger partial charge in [-0.15, -0.1) is 0 Å². The summed E-state index contributed by atoms with van der Waals surface area (Å²) in [5, 5.41) is 19.1. The number of benzene rings is 1. The first kappa shape index (κ1) is 18.2. The third-order valence-electron chi connectivity index (χ3n) is 4.53.